The third-order valence-corrected chi connectivity index (χ3v) is 6.92. The first-order chi connectivity index (χ1) is 9.21. The molecule has 0 bridgehead atoms. The van der Waals surface area contributed by atoms with Gasteiger partial charge in [-0.05, 0) is 0 Å². The minimum absolute atomic E-state index is 0. The molecule has 0 aromatic heterocycles. The number of hydrogen-bond acceptors (Lipinski definition) is 0. The Labute approximate surface area is 183 Å². The molecule has 0 nitrogen and oxygen atoms in total. The molecule has 0 amide bonds. The summed E-state index contributed by atoms with van der Waals surface area (Å²) in [6.07, 6.45) is 17.6. The van der Waals surface area contributed by atoms with Gasteiger partial charge in [0.15, 0.2) is 0 Å². The van der Waals surface area contributed by atoms with E-state index in [0.29, 0.717) is 0 Å². The van der Waals surface area contributed by atoms with Crippen molar-refractivity contribution in [2.45, 2.75) is 52.1 Å². The summed E-state index contributed by atoms with van der Waals surface area (Å²) in [6.45, 7) is 16.1. The Balaban J connectivity index is -0.0000000789. The molecule has 2 aliphatic carbocycles. The van der Waals surface area contributed by atoms with Gasteiger partial charge in [-0.15, -0.1) is 37.7 Å². The molecule has 0 heterocycles. The summed E-state index contributed by atoms with van der Waals surface area (Å²) in [5, 5.41) is 2.98. The van der Waals surface area contributed by atoms with Crippen LogP contribution in [0.5, 0.6) is 0 Å². The van der Waals surface area contributed by atoms with Crippen LogP contribution in [0.1, 0.15) is 12.8 Å². The topological polar surface area (TPSA) is 0 Å². The Morgan fingerprint density at radius 2 is 1.00 bits per heavy atom. The van der Waals surface area contributed by atoms with Crippen molar-refractivity contribution in [3.8, 4) is 0 Å². The van der Waals surface area contributed by atoms with Gasteiger partial charge in [-0.1, -0.05) is 39.3 Å². The van der Waals surface area contributed by atoms with Crippen LogP contribution in [0.25, 0.3) is 0 Å². The second-order valence-electron chi connectivity index (χ2n) is 6.89. The Hall–Kier alpha value is 1.07. The second kappa shape index (κ2) is 17.5. The quantitative estimate of drug-likeness (QED) is 0.327. The summed E-state index contributed by atoms with van der Waals surface area (Å²) >= 11 is 1.58. The molecule has 24 heavy (non-hydrogen) atoms. The summed E-state index contributed by atoms with van der Waals surface area (Å²) in [6, 6.07) is 0. The molecular formula is C18H36Cl2Si3Zr-4. The van der Waals surface area contributed by atoms with Gasteiger partial charge < -0.3 is 14.9 Å². The van der Waals surface area contributed by atoms with E-state index >= 15 is 0 Å². The van der Waals surface area contributed by atoms with E-state index in [1.807, 2.05) is 6.88 Å². The molecule has 0 aromatic rings. The van der Waals surface area contributed by atoms with E-state index in [0.717, 1.165) is 12.8 Å². The van der Waals surface area contributed by atoms with E-state index in [1.165, 1.54) is 10.4 Å². The van der Waals surface area contributed by atoms with Crippen LogP contribution in [-0.2, 0) is 23.3 Å². The normalized spacial score (nSPS) is 13.9. The molecule has 0 unspecified atom stereocenters. The van der Waals surface area contributed by atoms with Gasteiger partial charge in [-0.3, -0.25) is 12.2 Å². The van der Waals surface area contributed by atoms with Gasteiger partial charge in [0.05, 0.1) is 0 Å². The third-order valence-electron chi connectivity index (χ3n) is 3.01. The van der Waals surface area contributed by atoms with Crippen molar-refractivity contribution >= 4 is 47.8 Å². The maximum absolute atomic E-state index is 3.36. The standard InChI is InChI=1S/2C8H13Si.2CH3.2ClH.H2Si.Zr/c2*1-9(2,3)8-6-4-5-7-8;;;;;;/h2*4,6H,5H2,1-3H3;2*1H3;2*1H;1H2;/q4*-1;;;;. The van der Waals surface area contributed by atoms with Gasteiger partial charge in [0.1, 0.15) is 0 Å². The van der Waals surface area contributed by atoms with Crippen molar-refractivity contribution in [2.75, 3.05) is 0 Å². The fourth-order valence-electron chi connectivity index (χ4n) is 1.84. The fraction of sp³-hybridized carbons (Fsp3) is 0.444. The summed E-state index contributed by atoms with van der Waals surface area (Å²) in [4.78, 5) is 0. The zero-order chi connectivity index (χ0) is 15.8. The molecule has 0 N–H and O–H groups in total. The van der Waals surface area contributed by atoms with Gasteiger partial charge in [0.2, 0.25) is 0 Å². The first-order valence-electron chi connectivity index (χ1n) is 7.12. The predicted molar refractivity (Wildman–Crippen MR) is 124 cm³/mol. The predicted octanol–water partition coefficient (Wildman–Crippen LogP) is 5.93. The van der Waals surface area contributed by atoms with Crippen LogP contribution in [0.3, 0.4) is 0 Å². The van der Waals surface area contributed by atoms with E-state index in [4.69, 9.17) is 0 Å². The Morgan fingerprint density at radius 1 is 0.750 bits per heavy atom. The Bertz CT molecular complexity index is 389. The molecule has 0 saturated carbocycles. The molecule has 0 spiro atoms. The van der Waals surface area contributed by atoms with Crippen LogP contribution < -0.4 is 0 Å². The van der Waals surface area contributed by atoms with Crippen molar-refractivity contribution in [1.29, 1.82) is 0 Å². The van der Waals surface area contributed by atoms with Gasteiger partial charge >= 0.3 is 30.2 Å². The second-order valence-corrected chi connectivity index (χ2v) is 17.0. The van der Waals surface area contributed by atoms with Crippen molar-refractivity contribution in [2.24, 2.45) is 0 Å². The average molecular weight is 499 g/mol. The van der Waals surface area contributed by atoms with Crippen LogP contribution >= 0.6 is 24.8 Å². The van der Waals surface area contributed by atoms with Gasteiger partial charge in [0.25, 0.3) is 0 Å². The van der Waals surface area contributed by atoms with Crippen molar-refractivity contribution in [3.63, 3.8) is 0 Å². The molecule has 142 valence electrons. The first kappa shape index (κ1) is 36.1. The molecule has 0 atom stereocenters. The zero-order valence-electron chi connectivity index (χ0n) is 16.7. The van der Waals surface area contributed by atoms with E-state index < -0.39 is 16.1 Å². The molecule has 2 rings (SSSR count). The Kier molecular flexibility index (Phi) is 26.3. The summed E-state index contributed by atoms with van der Waals surface area (Å²) in [7, 11) is -2.01. The van der Waals surface area contributed by atoms with Crippen molar-refractivity contribution in [3.05, 3.63) is 61.7 Å². The van der Waals surface area contributed by atoms with Crippen LogP contribution in [0, 0.1) is 27.0 Å². The van der Waals surface area contributed by atoms with Crippen LogP contribution in [0.15, 0.2) is 34.7 Å². The summed E-state index contributed by atoms with van der Waals surface area (Å²) in [5.41, 5.74) is 0. The van der Waals surface area contributed by atoms with Gasteiger partial charge in [0, 0.05) is 16.1 Å². The SMILES string of the molecule is C[Si](C)(C)C1=[C-]CC=C1.C[Si](C)(C)C1=[C-]CC=C1.Cl.Cl.[CH3-].[CH3-].[SiH2]=[Zr]. The van der Waals surface area contributed by atoms with Crippen LogP contribution in [0.2, 0.25) is 39.3 Å². The molecule has 0 saturated heterocycles. The number of allylic oxidation sites excluding steroid dienone is 8. The zero-order valence-corrected chi connectivity index (χ0v) is 24.3. The molecule has 2 aliphatic rings. The first-order valence-corrected chi connectivity index (χ1v) is 20.0. The van der Waals surface area contributed by atoms with E-state index in [2.05, 4.69) is 75.7 Å². The molecule has 0 radical (unpaired) electrons. The molecular weight excluding hydrogens is 463 g/mol. The average Bonchev–Trinajstić information content (AvgIpc) is 3.04. The number of halogens is 2. The number of rotatable bonds is 2. The number of hydrogen-bond donors (Lipinski definition) is 0. The summed E-state index contributed by atoms with van der Waals surface area (Å²) < 4.78 is 0. The van der Waals surface area contributed by atoms with Crippen LogP contribution in [0.4, 0.5) is 0 Å². The van der Waals surface area contributed by atoms with E-state index in [9.17, 15) is 0 Å². The van der Waals surface area contributed by atoms with Gasteiger partial charge in [-0.25, -0.2) is 22.5 Å². The minimum atomic E-state index is -1.01. The Morgan fingerprint density at radius 3 is 1.08 bits per heavy atom. The molecule has 0 fully saturated rings. The maximum atomic E-state index is 3.36. The van der Waals surface area contributed by atoms with Crippen LogP contribution in [-0.4, -0.2) is 23.0 Å². The summed E-state index contributed by atoms with van der Waals surface area (Å²) in [5.74, 6) is 0. The molecule has 6 heteroatoms. The monoisotopic (exact) mass is 496 g/mol. The molecule has 0 aliphatic heterocycles. The van der Waals surface area contributed by atoms with E-state index in [-0.39, 0.29) is 39.7 Å². The van der Waals surface area contributed by atoms with E-state index in [1.54, 1.807) is 23.3 Å². The third kappa shape index (κ3) is 15.3. The molecule has 0 aromatic carbocycles. The van der Waals surface area contributed by atoms with Crippen molar-refractivity contribution < 1.29 is 23.3 Å². The van der Waals surface area contributed by atoms with Gasteiger partial charge in [-0.2, -0.15) is 12.2 Å². The fourth-order valence-corrected chi connectivity index (χ4v) is 4.34. The van der Waals surface area contributed by atoms with Crippen molar-refractivity contribution in [1.82, 2.24) is 0 Å².